The number of aryl methyl sites for hydroxylation is 2. The van der Waals surface area contributed by atoms with Gasteiger partial charge in [-0.2, -0.15) is 0 Å². The first kappa shape index (κ1) is 21.8. The van der Waals surface area contributed by atoms with Crippen molar-refractivity contribution in [3.05, 3.63) is 61.9 Å². The number of benzene rings is 1. The number of fused-ring (bicyclic) bond motifs is 1. The van der Waals surface area contributed by atoms with Gasteiger partial charge in [0.15, 0.2) is 5.65 Å². The van der Waals surface area contributed by atoms with E-state index in [1.165, 1.54) is 4.57 Å². The lowest BCUT2D eigenvalue weighted by molar-refractivity contribution is 0.102. The number of nitrogens with one attached hydrogen (secondary N) is 2. The van der Waals surface area contributed by atoms with E-state index in [1.54, 1.807) is 12.1 Å². The molecule has 1 saturated carbocycles. The predicted molar refractivity (Wildman–Crippen MR) is 124 cm³/mol. The van der Waals surface area contributed by atoms with Crippen LogP contribution in [0, 0.1) is 6.92 Å². The number of carbonyl (C=O) groups excluding carboxylic acids is 1. The van der Waals surface area contributed by atoms with Crippen molar-refractivity contribution in [1.82, 2.24) is 14.5 Å². The molecule has 1 aliphatic carbocycles. The lowest BCUT2D eigenvalue weighted by atomic mass is 10.1. The minimum absolute atomic E-state index is 0.139. The summed E-state index contributed by atoms with van der Waals surface area (Å²) < 4.78 is 7.10. The van der Waals surface area contributed by atoms with Crippen LogP contribution >= 0.6 is 0 Å². The summed E-state index contributed by atoms with van der Waals surface area (Å²) in [4.78, 5) is 45.5. The van der Waals surface area contributed by atoms with Crippen molar-refractivity contribution >= 4 is 22.6 Å². The molecule has 0 spiro atoms. The maximum absolute atomic E-state index is 13.3. The summed E-state index contributed by atoms with van der Waals surface area (Å²) in [6.07, 6.45) is 3.58. The van der Waals surface area contributed by atoms with Gasteiger partial charge < -0.3 is 10.1 Å². The van der Waals surface area contributed by atoms with Gasteiger partial charge in [0.2, 0.25) is 0 Å². The summed E-state index contributed by atoms with van der Waals surface area (Å²) in [5, 5.41) is 3.06. The summed E-state index contributed by atoms with van der Waals surface area (Å²) >= 11 is 0. The van der Waals surface area contributed by atoms with Gasteiger partial charge >= 0.3 is 5.69 Å². The van der Waals surface area contributed by atoms with Crippen molar-refractivity contribution in [3.63, 3.8) is 0 Å². The number of aromatic nitrogens is 3. The van der Waals surface area contributed by atoms with Crippen LogP contribution in [0.3, 0.4) is 0 Å². The average molecular weight is 437 g/mol. The highest BCUT2D eigenvalue weighted by molar-refractivity contribution is 6.12. The Balaban J connectivity index is 1.78. The molecule has 2 N–H and O–H groups in total. The van der Waals surface area contributed by atoms with Crippen LogP contribution in [-0.2, 0) is 6.54 Å². The fourth-order valence-electron chi connectivity index (χ4n) is 3.77. The number of amides is 1. The van der Waals surface area contributed by atoms with E-state index in [0.29, 0.717) is 25.3 Å². The van der Waals surface area contributed by atoms with Crippen LogP contribution in [-0.4, -0.2) is 27.0 Å². The number of nitrogens with zero attached hydrogens (tertiary/aromatic N) is 2. The fraction of sp³-hybridized carbons (Fsp3) is 0.417. The van der Waals surface area contributed by atoms with Crippen molar-refractivity contribution in [1.29, 1.82) is 0 Å². The third-order valence-electron chi connectivity index (χ3n) is 5.57. The van der Waals surface area contributed by atoms with Crippen LogP contribution in [0.15, 0.2) is 33.9 Å². The predicted octanol–water partition coefficient (Wildman–Crippen LogP) is 3.72. The number of hydrogen-bond acceptors (Lipinski definition) is 5. The van der Waals surface area contributed by atoms with E-state index >= 15 is 0 Å². The Morgan fingerprint density at radius 2 is 2.00 bits per heavy atom. The highest BCUT2D eigenvalue weighted by atomic mass is 16.5. The first-order chi connectivity index (χ1) is 15.4. The molecule has 168 valence electrons. The Bertz CT molecular complexity index is 1290. The van der Waals surface area contributed by atoms with Crippen LogP contribution in [0.1, 0.15) is 67.1 Å². The Hall–Kier alpha value is -3.42. The molecule has 0 aliphatic heterocycles. The monoisotopic (exact) mass is 436 g/mol. The van der Waals surface area contributed by atoms with Crippen LogP contribution in [0.4, 0.5) is 5.69 Å². The third-order valence-corrected chi connectivity index (χ3v) is 5.57. The van der Waals surface area contributed by atoms with Crippen LogP contribution in [0.25, 0.3) is 11.0 Å². The largest absolute Gasteiger partial charge is 0.494 e. The second-order valence-electron chi connectivity index (χ2n) is 8.26. The molecule has 0 atom stereocenters. The molecule has 0 radical (unpaired) electrons. The summed E-state index contributed by atoms with van der Waals surface area (Å²) in [7, 11) is 0. The molecule has 0 saturated heterocycles. The van der Waals surface area contributed by atoms with E-state index in [-0.39, 0.29) is 22.5 Å². The van der Waals surface area contributed by atoms with E-state index in [1.807, 2.05) is 32.9 Å². The Morgan fingerprint density at radius 1 is 1.22 bits per heavy atom. The average Bonchev–Trinajstić information content (AvgIpc) is 3.61. The number of aromatic amines is 1. The summed E-state index contributed by atoms with van der Waals surface area (Å²) in [5.74, 6) is 0.594. The van der Waals surface area contributed by atoms with Gasteiger partial charge in [-0.05, 0) is 62.4 Å². The third kappa shape index (κ3) is 4.30. The first-order valence-electron chi connectivity index (χ1n) is 11.2. The first-order valence-corrected chi connectivity index (χ1v) is 11.2. The molecule has 0 bridgehead atoms. The normalized spacial score (nSPS) is 13.3. The molecule has 2 aromatic heterocycles. The summed E-state index contributed by atoms with van der Waals surface area (Å²) in [6, 6.07) is 7.17. The van der Waals surface area contributed by atoms with Crippen molar-refractivity contribution in [2.24, 2.45) is 0 Å². The quantitative estimate of drug-likeness (QED) is 0.560. The van der Waals surface area contributed by atoms with Crippen molar-refractivity contribution in [2.75, 3.05) is 11.9 Å². The van der Waals surface area contributed by atoms with E-state index < -0.39 is 17.2 Å². The molecule has 2 heterocycles. The number of anilines is 1. The summed E-state index contributed by atoms with van der Waals surface area (Å²) in [6.45, 7) is 6.91. The zero-order chi connectivity index (χ0) is 22.8. The number of carbonyl (C=O) groups is 1. The maximum atomic E-state index is 13.3. The lowest BCUT2D eigenvalue weighted by Gasteiger charge is -2.14. The second kappa shape index (κ2) is 8.98. The molecular weight excluding hydrogens is 408 g/mol. The molecule has 1 fully saturated rings. The molecule has 8 heteroatoms. The van der Waals surface area contributed by atoms with Gasteiger partial charge in [0.05, 0.1) is 17.6 Å². The standard InChI is InChI=1S/C24H28N4O4/c1-4-10-28-21-20(23(30)27-24(28)31)17(13-19(25-21)15-6-7-15)22(29)26-18-9-8-16(12-14(18)3)32-11-5-2/h8-9,12-13,15H,4-7,10-11H2,1-3H3,(H,26,29)(H,27,30,31). The van der Waals surface area contributed by atoms with Gasteiger partial charge in [-0.15, -0.1) is 0 Å². The van der Waals surface area contributed by atoms with Gasteiger partial charge in [-0.25, -0.2) is 9.78 Å². The topological polar surface area (TPSA) is 106 Å². The smallest absolute Gasteiger partial charge is 0.329 e. The Morgan fingerprint density at radius 3 is 2.66 bits per heavy atom. The van der Waals surface area contributed by atoms with Gasteiger partial charge in [-0.1, -0.05) is 13.8 Å². The molecule has 3 aromatic rings. The van der Waals surface area contributed by atoms with Gasteiger partial charge in [0.25, 0.3) is 11.5 Å². The second-order valence-corrected chi connectivity index (χ2v) is 8.26. The number of pyridine rings is 1. The zero-order valence-corrected chi connectivity index (χ0v) is 18.7. The minimum atomic E-state index is -0.600. The molecule has 1 aliphatic rings. The van der Waals surface area contributed by atoms with E-state index in [0.717, 1.165) is 36.3 Å². The van der Waals surface area contributed by atoms with Gasteiger partial charge in [0.1, 0.15) is 5.75 Å². The van der Waals surface area contributed by atoms with E-state index in [9.17, 15) is 14.4 Å². The van der Waals surface area contributed by atoms with E-state index in [4.69, 9.17) is 4.74 Å². The Labute approximate surface area is 185 Å². The molecule has 0 unspecified atom stereocenters. The van der Waals surface area contributed by atoms with E-state index in [2.05, 4.69) is 15.3 Å². The van der Waals surface area contributed by atoms with Crippen LogP contribution in [0.5, 0.6) is 5.75 Å². The number of hydrogen-bond donors (Lipinski definition) is 2. The van der Waals surface area contributed by atoms with Gasteiger partial charge in [-0.3, -0.25) is 19.1 Å². The van der Waals surface area contributed by atoms with Crippen LogP contribution in [0.2, 0.25) is 0 Å². The van der Waals surface area contributed by atoms with Crippen molar-refractivity contribution in [3.8, 4) is 5.75 Å². The SMILES string of the molecule is CCCOc1ccc(NC(=O)c2cc(C3CC3)nc3c2c(=O)[nH]c(=O)n3CCC)c(C)c1. The highest BCUT2D eigenvalue weighted by Gasteiger charge is 2.28. The maximum Gasteiger partial charge on any atom is 0.329 e. The molecule has 1 amide bonds. The van der Waals surface area contributed by atoms with Crippen molar-refractivity contribution < 1.29 is 9.53 Å². The number of ether oxygens (including phenoxy) is 1. The molecule has 32 heavy (non-hydrogen) atoms. The van der Waals surface area contributed by atoms with Crippen molar-refractivity contribution in [2.45, 2.75) is 58.9 Å². The summed E-state index contributed by atoms with van der Waals surface area (Å²) in [5.41, 5.74) is 1.63. The van der Waals surface area contributed by atoms with Gasteiger partial charge in [0, 0.05) is 23.8 Å². The minimum Gasteiger partial charge on any atom is -0.494 e. The number of rotatable bonds is 8. The lowest BCUT2D eigenvalue weighted by Crippen LogP contribution is -2.32. The zero-order valence-electron chi connectivity index (χ0n) is 18.7. The molecular formula is C24H28N4O4. The van der Waals surface area contributed by atoms with Crippen LogP contribution < -0.4 is 21.3 Å². The highest BCUT2D eigenvalue weighted by Crippen LogP contribution is 2.40. The Kier molecular flexibility index (Phi) is 6.12. The molecule has 1 aromatic carbocycles. The molecule has 8 nitrogen and oxygen atoms in total. The fourth-order valence-corrected chi connectivity index (χ4v) is 3.77. The molecule has 4 rings (SSSR count). The number of H-pyrrole nitrogens is 1.